The Morgan fingerprint density at radius 2 is 2.00 bits per heavy atom. The summed E-state index contributed by atoms with van der Waals surface area (Å²) in [6.45, 7) is 1.87. The summed E-state index contributed by atoms with van der Waals surface area (Å²) in [5, 5.41) is 0. The number of nitrogens with two attached hydrogens (primary N) is 1. The van der Waals surface area contributed by atoms with Gasteiger partial charge in [0.25, 0.3) is 5.91 Å². The summed E-state index contributed by atoms with van der Waals surface area (Å²) in [6.07, 6.45) is 0.642. The van der Waals surface area contributed by atoms with Crippen molar-refractivity contribution in [2.45, 2.75) is 19.4 Å². The summed E-state index contributed by atoms with van der Waals surface area (Å²) in [4.78, 5) is 14.1. The van der Waals surface area contributed by atoms with Gasteiger partial charge in [0.2, 0.25) is 0 Å². The van der Waals surface area contributed by atoms with E-state index in [0.717, 1.165) is 23.8 Å². The minimum absolute atomic E-state index is 0.128. The largest absolute Gasteiger partial charge is 0.399 e. The van der Waals surface area contributed by atoms with E-state index in [1.165, 1.54) is 4.90 Å². The Kier molecular flexibility index (Phi) is 3.12. The molecule has 1 amide bonds. The van der Waals surface area contributed by atoms with Gasteiger partial charge in [-0.05, 0) is 55.3 Å². The third-order valence-electron chi connectivity index (χ3n) is 3.70. The van der Waals surface area contributed by atoms with Gasteiger partial charge in [-0.3, -0.25) is 4.79 Å². The lowest BCUT2D eigenvalue weighted by Gasteiger charge is -2.23. The van der Waals surface area contributed by atoms with Crippen LogP contribution in [0.1, 0.15) is 22.8 Å². The van der Waals surface area contributed by atoms with Gasteiger partial charge in [-0.25, -0.2) is 8.78 Å². The maximum absolute atomic E-state index is 13.8. The van der Waals surface area contributed by atoms with Crippen LogP contribution in [-0.4, -0.2) is 11.9 Å². The molecule has 0 radical (unpaired) electrons. The Bertz CT molecular complexity index is 730. The molecule has 1 unspecified atom stereocenters. The second-order valence-corrected chi connectivity index (χ2v) is 5.24. The first-order chi connectivity index (χ1) is 9.97. The van der Waals surface area contributed by atoms with Crippen molar-refractivity contribution in [1.82, 2.24) is 0 Å². The van der Waals surface area contributed by atoms with Crippen LogP contribution in [0.25, 0.3) is 0 Å². The fourth-order valence-corrected chi connectivity index (χ4v) is 2.75. The second kappa shape index (κ2) is 4.84. The van der Waals surface area contributed by atoms with Crippen molar-refractivity contribution in [3.63, 3.8) is 0 Å². The first kappa shape index (κ1) is 13.5. The highest BCUT2D eigenvalue weighted by molar-refractivity contribution is 6.08. The van der Waals surface area contributed by atoms with E-state index in [9.17, 15) is 13.6 Å². The minimum atomic E-state index is -0.725. The summed E-state index contributed by atoms with van der Waals surface area (Å²) in [5.74, 6) is -1.90. The molecule has 2 N–H and O–H groups in total. The van der Waals surface area contributed by atoms with Crippen LogP contribution in [0.4, 0.5) is 20.2 Å². The highest BCUT2D eigenvalue weighted by Gasteiger charge is 2.32. The number of carbonyl (C=O) groups is 1. The Hall–Kier alpha value is -2.43. The molecule has 0 saturated heterocycles. The van der Waals surface area contributed by atoms with Crippen LogP contribution in [0.3, 0.4) is 0 Å². The van der Waals surface area contributed by atoms with Crippen LogP contribution in [0, 0.1) is 11.6 Å². The zero-order valence-electron chi connectivity index (χ0n) is 11.4. The standard InChI is InChI=1S/C16H14F2N2O/c1-9-6-10-7-12(19)3-5-15(10)20(9)16(21)13-8-11(17)2-4-14(13)18/h2-5,7-9H,6,19H2,1H3. The number of hydrogen-bond acceptors (Lipinski definition) is 2. The van der Waals surface area contributed by atoms with Crippen molar-refractivity contribution >= 4 is 17.3 Å². The van der Waals surface area contributed by atoms with E-state index in [1.807, 2.05) is 6.92 Å². The molecule has 1 heterocycles. The highest BCUT2D eigenvalue weighted by Crippen LogP contribution is 2.34. The van der Waals surface area contributed by atoms with Crippen LogP contribution in [-0.2, 0) is 6.42 Å². The van der Waals surface area contributed by atoms with E-state index >= 15 is 0 Å². The number of carbonyl (C=O) groups excluding carboxylic acids is 1. The van der Waals surface area contributed by atoms with Gasteiger partial charge in [-0.2, -0.15) is 0 Å². The molecular weight excluding hydrogens is 274 g/mol. The molecule has 0 fully saturated rings. The molecule has 108 valence electrons. The second-order valence-electron chi connectivity index (χ2n) is 5.24. The molecule has 5 heteroatoms. The van der Waals surface area contributed by atoms with Crippen LogP contribution >= 0.6 is 0 Å². The summed E-state index contributed by atoms with van der Waals surface area (Å²) >= 11 is 0. The summed E-state index contributed by atoms with van der Waals surface area (Å²) < 4.78 is 27.1. The molecule has 0 aromatic heterocycles. The van der Waals surface area contributed by atoms with Gasteiger partial charge >= 0.3 is 0 Å². The van der Waals surface area contributed by atoms with Crippen molar-refractivity contribution in [3.05, 3.63) is 59.2 Å². The van der Waals surface area contributed by atoms with E-state index in [4.69, 9.17) is 5.73 Å². The van der Waals surface area contributed by atoms with E-state index in [0.29, 0.717) is 17.8 Å². The van der Waals surface area contributed by atoms with Crippen molar-refractivity contribution in [3.8, 4) is 0 Å². The van der Waals surface area contributed by atoms with Crippen LogP contribution in [0.2, 0.25) is 0 Å². The fourth-order valence-electron chi connectivity index (χ4n) is 2.75. The van der Waals surface area contributed by atoms with Crippen molar-refractivity contribution in [2.75, 3.05) is 10.6 Å². The van der Waals surface area contributed by atoms with Gasteiger partial charge in [0.05, 0.1) is 5.56 Å². The summed E-state index contributed by atoms with van der Waals surface area (Å²) in [7, 11) is 0. The maximum Gasteiger partial charge on any atom is 0.261 e. The first-order valence-electron chi connectivity index (χ1n) is 6.64. The van der Waals surface area contributed by atoms with Crippen molar-refractivity contribution in [1.29, 1.82) is 0 Å². The maximum atomic E-state index is 13.8. The quantitative estimate of drug-likeness (QED) is 0.819. The predicted molar refractivity (Wildman–Crippen MR) is 77.2 cm³/mol. The summed E-state index contributed by atoms with van der Waals surface area (Å²) in [6, 6.07) is 8.00. The highest BCUT2D eigenvalue weighted by atomic mass is 19.1. The average molecular weight is 288 g/mol. The Morgan fingerprint density at radius 1 is 1.24 bits per heavy atom. The van der Waals surface area contributed by atoms with Crippen LogP contribution < -0.4 is 10.6 Å². The molecule has 2 aromatic rings. The molecule has 1 atom stereocenters. The molecule has 3 rings (SSSR count). The van der Waals surface area contributed by atoms with Crippen molar-refractivity contribution < 1.29 is 13.6 Å². The number of hydrogen-bond donors (Lipinski definition) is 1. The average Bonchev–Trinajstić information content (AvgIpc) is 2.75. The van der Waals surface area contributed by atoms with Gasteiger partial charge in [0.1, 0.15) is 11.6 Å². The first-order valence-corrected chi connectivity index (χ1v) is 6.64. The molecule has 2 aromatic carbocycles. The molecule has 3 nitrogen and oxygen atoms in total. The zero-order valence-corrected chi connectivity index (χ0v) is 11.4. The monoisotopic (exact) mass is 288 g/mol. The third kappa shape index (κ3) is 2.24. The summed E-state index contributed by atoms with van der Waals surface area (Å²) in [5.41, 5.74) is 7.74. The molecule has 1 aliphatic heterocycles. The normalized spacial score (nSPS) is 16.9. The number of rotatable bonds is 1. The lowest BCUT2D eigenvalue weighted by Crippen LogP contribution is -2.36. The number of benzene rings is 2. The number of halogens is 2. The van der Waals surface area contributed by atoms with Crippen molar-refractivity contribution in [2.24, 2.45) is 0 Å². The predicted octanol–water partition coefficient (Wildman–Crippen LogP) is 3.14. The molecule has 0 bridgehead atoms. The van der Waals surface area contributed by atoms with Gasteiger partial charge < -0.3 is 10.6 Å². The molecule has 21 heavy (non-hydrogen) atoms. The molecular formula is C16H14F2N2O. The molecule has 0 saturated carbocycles. The number of nitrogens with zero attached hydrogens (tertiary/aromatic N) is 1. The smallest absolute Gasteiger partial charge is 0.261 e. The van der Waals surface area contributed by atoms with Gasteiger partial charge in [-0.1, -0.05) is 0 Å². The molecule has 0 spiro atoms. The van der Waals surface area contributed by atoms with Gasteiger partial charge in [0.15, 0.2) is 0 Å². The van der Waals surface area contributed by atoms with Gasteiger partial charge in [0, 0.05) is 17.4 Å². The van der Waals surface area contributed by atoms with E-state index < -0.39 is 17.5 Å². The molecule has 0 aliphatic carbocycles. The number of nitrogen functional groups attached to an aromatic ring is 1. The Balaban J connectivity index is 2.05. The minimum Gasteiger partial charge on any atom is -0.399 e. The number of anilines is 2. The number of fused-ring (bicyclic) bond motifs is 1. The topological polar surface area (TPSA) is 46.3 Å². The number of amides is 1. The van der Waals surface area contributed by atoms with E-state index in [-0.39, 0.29) is 11.6 Å². The van der Waals surface area contributed by atoms with E-state index in [2.05, 4.69) is 0 Å². The van der Waals surface area contributed by atoms with Crippen LogP contribution in [0.15, 0.2) is 36.4 Å². The zero-order chi connectivity index (χ0) is 15.1. The SMILES string of the molecule is CC1Cc2cc(N)ccc2N1C(=O)c1cc(F)ccc1F. The van der Waals surface area contributed by atoms with Gasteiger partial charge in [-0.15, -0.1) is 0 Å². The van der Waals surface area contributed by atoms with E-state index in [1.54, 1.807) is 18.2 Å². The Labute approximate surface area is 121 Å². The third-order valence-corrected chi connectivity index (χ3v) is 3.70. The fraction of sp³-hybridized carbons (Fsp3) is 0.188. The Morgan fingerprint density at radius 3 is 2.76 bits per heavy atom. The molecule has 1 aliphatic rings. The van der Waals surface area contributed by atoms with Crippen LogP contribution in [0.5, 0.6) is 0 Å². The lowest BCUT2D eigenvalue weighted by atomic mass is 10.1. The lowest BCUT2D eigenvalue weighted by molar-refractivity contribution is 0.0977.